The summed E-state index contributed by atoms with van der Waals surface area (Å²) < 4.78 is 39.7. The molecule has 1 atom stereocenters. The molecule has 3 heterocycles. The van der Waals surface area contributed by atoms with Gasteiger partial charge in [-0.15, -0.1) is 0 Å². The predicted octanol–water partition coefficient (Wildman–Crippen LogP) is 2.06. The third-order valence-corrected chi connectivity index (χ3v) is 7.55. The van der Waals surface area contributed by atoms with E-state index in [0.717, 1.165) is 32.4 Å². The van der Waals surface area contributed by atoms with Gasteiger partial charge in [-0.3, -0.25) is 4.90 Å². The number of rotatable bonds is 5. The summed E-state index contributed by atoms with van der Waals surface area (Å²) in [7, 11) is -3.62. The Balaban J connectivity index is 1.54. The van der Waals surface area contributed by atoms with E-state index in [2.05, 4.69) is 16.0 Å². The molecule has 0 saturated carbocycles. The zero-order valence-electron chi connectivity index (χ0n) is 16.3. The molecule has 2 aliphatic heterocycles. The van der Waals surface area contributed by atoms with Gasteiger partial charge in [-0.2, -0.15) is 4.31 Å². The first-order valence-electron chi connectivity index (χ1n) is 10.2. The van der Waals surface area contributed by atoms with Crippen molar-refractivity contribution in [1.82, 2.24) is 14.2 Å². The highest BCUT2D eigenvalue weighted by molar-refractivity contribution is 7.89. The Morgan fingerprint density at radius 3 is 2.86 bits per heavy atom. The van der Waals surface area contributed by atoms with E-state index in [-0.39, 0.29) is 16.9 Å². The molecular formula is C20H29N3O4S. The monoisotopic (exact) mass is 407 g/mol. The largest absolute Gasteiger partial charge is 0.471 e. The Morgan fingerprint density at radius 2 is 2.07 bits per heavy atom. The average molecular weight is 408 g/mol. The number of morpholine rings is 1. The first-order chi connectivity index (χ1) is 13.6. The predicted molar refractivity (Wildman–Crippen MR) is 106 cm³/mol. The van der Waals surface area contributed by atoms with Gasteiger partial charge in [0.25, 0.3) is 0 Å². The van der Waals surface area contributed by atoms with Crippen molar-refractivity contribution >= 4 is 10.0 Å². The Hall–Kier alpha value is -1.48. The van der Waals surface area contributed by atoms with Gasteiger partial charge in [-0.1, -0.05) is 11.6 Å². The van der Waals surface area contributed by atoms with Crippen molar-refractivity contribution in [3.63, 3.8) is 0 Å². The van der Waals surface area contributed by atoms with Crippen LogP contribution in [0, 0.1) is 0 Å². The fourth-order valence-electron chi connectivity index (χ4n) is 4.10. The van der Waals surface area contributed by atoms with Crippen LogP contribution in [-0.4, -0.2) is 74.6 Å². The van der Waals surface area contributed by atoms with E-state index in [9.17, 15) is 8.42 Å². The molecule has 0 aromatic carbocycles. The van der Waals surface area contributed by atoms with Gasteiger partial charge in [0.2, 0.25) is 15.9 Å². The van der Waals surface area contributed by atoms with Gasteiger partial charge < -0.3 is 9.47 Å². The molecule has 1 unspecified atom stereocenters. The standard InChI is InChI=1S/C20H29N3O4S/c24-28(25)19-7-4-9-21-20(19)27-18(15-22-11-13-26-14-12-22)16-23(28)10-8-17-5-2-1-3-6-17/h4-5,7,9,18H,1-3,6,8,10-16H2. The van der Waals surface area contributed by atoms with E-state index < -0.39 is 10.0 Å². The van der Waals surface area contributed by atoms with E-state index in [1.54, 1.807) is 22.6 Å². The van der Waals surface area contributed by atoms with E-state index in [1.165, 1.54) is 18.4 Å². The van der Waals surface area contributed by atoms with Gasteiger partial charge in [0, 0.05) is 32.4 Å². The lowest BCUT2D eigenvalue weighted by Crippen LogP contribution is -2.47. The van der Waals surface area contributed by atoms with E-state index in [4.69, 9.17) is 9.47 Å². The van der Waals surface area contributed by atoms with Crippen LogP contribution in [0.25, 0.3) is 0 Å². The lowest BCUT2D eigenvalue weighted by atomic mass is 9.97. The highest BCUT2D eigenvalue weighted by Gasteiger charge is 2.36. The number of pyridine rings is 1. The molecule has 1 aromatic heterocycles. The van der Waals surface area contributed by atoms with Crippen molar-refractivity contribution in [3.05, 3.63) is 30.0 Å². The molecule has 4 rings (SSSR count). The van der Waals surface area contributed by atoms with Gasteiger partial charge in [-0.05, 0) is 44.2 Å². The number of hydrogen-bond donors (Lipinski definition) is 0. The van der Waals surface area contributed by atoms with Crippen molar-refractivity contribution in [2.75, 3.05) is 45.9 Å². The summed E-state index contributed by atoms with van der Waals surface area (Å²) in [6, 6.07) is 3.26. The van der Waals surface area contributed by atoms with E-state index in [0.29, 0.717) is 32.8 Å². The van der Waals surface area contributed by atoms with Crippen LogP contribution < -0.4 is 4.74 Å². The van der Waals surface area contributed by atoms with Gasteiger partial charge in [0.15, 0.2) is 0 Å². The summed E-state index contributed by atoms with van der Waals surface area (Å²) in [4.78, 5) is 6.67. The Labute approximate surface area is 167 Å². The fraction of sp³-hybridized carbons (Fsp3) is 0.650. The molecule has 154 valence electrons. The van der Waals surface area contributed by atoms with Crippen LogP contribution in [0.2, 0.25) is 0 Å². The van der Waals surface area contributed by atoms with Crippen LogP contribution in [0.3, 0.4) is 0 Å². The number of hydrogen-bond acceptors (Lipinski definition) is 6. The minimum Gasteiger partial charge on any atom is -0.471 e. The lowest BCUT2D eigenvalue weighted by Gasteiger charge is -2.31. The molecule has 7 nitrogen and oxygen atoms in total. The summed E-state index contributed by atoms with van der Waals surface area (Å²) >= 11 is 0. The van der Waals surface area contributed by atoms with Crippen LogP contribution in [-0.2, 0) is 14.8 Å². The quantitative estimate of drug-likeness (QED) is 0.696. The van der Waals surface area contributed by atoms with Crippen molar-refractivity contribution in [2.45, 2.75) is 43.1 Å². The molecule has 0 radical (unpaired) electrons. The van der Waals surface area contributed by atoms with Crippen LogP contribution in [0.5, 0.6) is 5.88 Å². The van der Waals surface area contributed by atoms with E-state index in [1.807, 2.05) is 0 Å². The molecular weight excluding hydrogens is 378 g/mol. The topological polar surface area (TPSA) is 72.0 Å². The van der Waals surface area contributed by atoms with Crippen LogP contribution in [0.1, 0.15) is 32.1 Å². The number of ether oxygens (including phenoxy) is 2. The van der Waals surface area contributed by atoms with Crippen molar-refractivity contribution in [1.29, 1.82) is 0 Å². The zero-order valence-corrected chi connectivity index (χ0v) is 17.1. The number of sulfonamides is 1. The third kappa shape index (κ3) is 4.56. The van der Waals surface area contributed by atoms with Crippen LogP contribution >= 0.6 is 0 Å². The molecule has 8 heteroatoms. The molecule has 0 amide bonds. The molecule has 3 aliphatic rings. The first-order valence-corrected chi connectivity index (χ1v) is 11.7. The maximum Gasteiger partial charge on any atom is 0.248 e. The summed E-state index contributed by atoms with van der Waals surface area (Å²) in [6.45, 7) is 4.61. The number of fused-ring (bicyclic) bond motifs is 1. The van der Waals surface area contributed by atoms with Crippen molar-refractivity contribution in [2.24, 2.45) is 0 Å². The van der Waals surface area contributed by atoms with Crippen molar-refractivity contribution < 1.29 is 17.9 Å². The second-order valence-electron chi connectivity index (χ2n) is 7.68. The molecule has 0 bridgehead atoms. The van der Waals surface area contributed by atoms with Gasteiger partial charge >= 0.3 is 0 Å². The van der Waals surface area contributed by atoms with Gasteiger partial charge in [0.05, 0.1) is 19.8 Å². The molecule has 0 N–H and O–H groups in total. The normalized spacial score (nSPS) is 26.0. The highest BCUT2D eigenvalue weighted by Crippen LogP contribution is 2.30. The van der Waals surface area contributed by atoms with Gasteiger partial charge in [-0.25, -0.2) is 13.4 Å². The molecule has 1 aromatic rings. The lowest BCUT2D eigenvalue weighted by molar-refractivity contribution is 0.0162. The van der Waals surface area contributed by atoms with E-state index >= 15 is 0 Å². The molecule has 1 aliphatic carbocycles. The Bertz CT molecular complexity index is 805. The summed E-state index contributed by atoms with van der Waals surface area (Å²) in [5.41, 5.74) is 1.38. The van der Waals surface area contributed by atoms with Crippen molar-refractivity contribution in [3.8, 4) is 5.88 Å². The summed E-state index contributed by atoms with van der Waals surface area (Å²) in [6.07, 6.45) is 9.04. The SMILES string of the molecule is O=S1(=O)c2cccnc2OC(CN2CCOCC2)CN1CCC1=CCCCC1. The first kappa shape index (κ1) is 19.8. The molecule has 28 heavy (non-hydrogen) atoms. The maximum atomic E-state index is 13.3. The Kier molecular flexibility index (Phi) is 6.30. The van der Waals surface area contributed by atoms with Crippen LogP contribution in [0.4, 0.5) is 0 Å². The van der Waals surface area contributed by atoms with Gasteiger partial charge in [0.1, 0.15) is 11.0 Å². The minimum atomic E-state index is -3.62. The van der Waals surface area contributed by atoms with Crippen LogP contribution in [0.15, 0.2) is 34.9 Å². The smallest absolute Gasteiger partial charge is 0.248 e. The fourth-order valence-corrected chi connectivity index (χ4v) is 5.64. The molecule has 1 fully saturated rings. The molecule has 0 spiro atoms. The zero-order chi connectivity index (χ0) is 19.4. The summed E-state index contributed by atoms with van der Waals surface area (Å²) in [5, 5.41) is 0. The number of nitrogens with zero attached hydrogens (tertiary/aromatic N) is 3. The minimum absolute atomic E-state index is 0.178. The maximum absolute atomic E-state index is 13.3. The summed E-state index contributed by atoms with van der Waals surface area (Å²) in [5.74, 6) is 0.222. The number of aromatic nitrogens is 1. The molecule has 1 saturated heterocycles. The number of allylic oxidation sites excluding steroid dienone is 1. The third-order valence-electron chi connectivity index (χ3n) is 5.67. The average Bonchev–Trinajstić information content (AvgIpc) is 2.82. The second-order valence-corrected chi connectivity index (χ2v) is 9.59. The Morgan fingerprint density at radius 1 is 1.21 bits per heavy atom. The highest BCUT2D eigenvalue weighted by atomic mass is 32.2. The second kappa shape index (κ2) is 8.90.